The number of nitrogens with zero attached hydrogens (tertiary/aromatic N) is 1. The molecule has 5 nitrogen and oxygen atoms in total. The first-order valence-corrected chi connectivity index (χ1v) is 6.12. The van der Waals surface area contributed by atoms with Crippen molar-refractivity contribution in [2.75, 3.05) is 11.9 Å². The van der Waals surface area contributed by atoms with E-state index in [4.69, 9.17) is 5.11 Å². The first-order chi connectivity index (χ1) is 9.69. The molecule has 20 heavy (non-hydrogen) atoms. The Labute approximate surface area is 116 Å². The molecule has 2 rings (SSSR count). The van der Waals surface area contributed by atoms with Gasteiger partial charge < -0.3 is 14.9 Å². The number of nitrogens with one attached hydrogen (secondary N) is 1. The highest BCUT2D eigenvalue weighted by Gasteiger charge is 2.09. The van der Waals surface area contributed by atoms with Crippen LogP contribution in [0.5, 0.6) is 0 Å². The van der Waals surface area contributed by atoms with Crippen molar-refractivity contribution in [1.29, 1.82) is 0 Å². The topological polar surface area (TPSA) is 75.4 Å². The molecule has 0 saturated heterocycles. The lowest BCUT2D eigenvalue weighted by molar-refractivity contribution is 0.102. The Morgan fingerprint density at radius 1 is 1.45 bits per heavy atom. The molecule has 1 aromatic carbocycles. The maximum absolute atomic E-state index is 12.1. The van der Waals surface area contributed by atoms with Gasteiger partial charge in [0.1, 0.15) is 6.26 Å². The van der Waals surface area contributed by atoms with Gasteiger partial charge in [-0.05, 0) is 30.7 Å². The van der Waals surface area contributed by atoms with Crippen LogP contribution in [0.2, 0.25) is 0 Å². The smallest absolute Gasteiger partial charge is 0.256 e. The second-order valence-electron chi connectivity index (χ2n) is 4.20. The molecule has 102 valence electrons. The minimum Gasteiger partial charge on any atom is -0.395 e. The van der Waals surface area contributed by atoms with E-state index in [0.29, 0.717) is 17.8 Å². The highest BCUT2D eigenvalue weighted by Crippen LogP contribution is 2.11. The zero-order chi connectivity index (χ0) is 14.4. The number of anilines is 1. The van der Waals surface area contributed by atoms with Crippen molar-refractivity contribution in [3.8, 4) is 11.8 Å². The van der Waals surface area contributed by atoms with Gasteiger partial charge in [-0.25, -0.2) is 0 Å². The lowest BCUT2D eigenvalue weighted by atomic mass is 10.1. The predicted octanol–water partition coefficient (Wildman–Crippen LogP) is 1.97. The number of benzene rings is 1. The molecule has 1 aromatic heterocycles. The third kappa shape index (κ3) is 3.70. The first kappa shape index (κ1) is 13.8. The van der Waals surface area contributed by atoms with Gasteiger partial charge in [0.25, 0.3) is 5.91 Å². The summed E-state index contributed by atoms with van der Waals surface area (Å²) in [5.74, 6) is 5.84. The molecule has 0 fully saturated rings. The van der Waals surface area contributed by atoms with Crippen molar-refractivity contribution >= 4 is 11.7 Å². The van der Waals surface area contributed by atoms with E-state index in [-0.39, 0.29) is 12.5 Å². The maximum atomic E-state index is 12.1. The van der Waals surface area contributed by atoms with E-state index in [1.165, 1.54) is 6.26 Å². The Morgan fingerprint density at radius 3 is 3.00 bits per heavy atom. The van der Waals surface area contributed by atoms with E-state index in [1.807, 2.05) is 13.0 Å². The Hall–Kier alpha value is -2.58. The van der Waals surface area contributed by atoms with Crippen molar-refractivity contribution in [3.63, 3.8) is 0 Å². The molecular formula is C15H14N2O3. The number of hydrogen-bond acceptors (Lipinski definition) is 4. The zero-order valence-electron chi connectivity index (χ0n) is 11.0. The van der Waals surface area contributed by atoms with E-state index in [9.17, 15) is 4.79 Å². The molecule has 0 unspecified atom stereocenters. The Bertz CT molecular complexity index is 651. The maximum Gasteiger partial charge on any atom is 0.256 e. The average Bonchev–Trinajstić information content (AvgIpc) is 2.91. The molecule has 2 aromatic rings. The summed E-state index contributed by atoms with van der Waals surface area (Å²) >= 11 is 0. The number of carbonyl (C=O) groups excluding carboxylic acids is 1. The summed E-state index contributed by atoms with van der Waals surface area (Å²) in [7, 11) is 0. The van der Waals surface area contributed by atoms with Crippen molar-refractivity contribution < 1.29 is 14.4 Å². The van der Waals surface area contributed by atoms with Crippen LogP contribution in [0, 0.1) is 18.8 Å². The van der Waals surface area contributed by atoms with Gasteiger partial charge >= 0.3 is 0 Å². The van der Waals surface area contributed by atoms with E-state index in [0.717, 1.165) is 11.1 Å². The third-order valence-electron chi connectivity index (χ3n) is 2.49. The fraction of sp³-hybridized carbons (Fsp3) is 0.200. The first-order valence-electron chi connectivity index (χ1n) is 6.12. The van der Waals surface area contributed by atoms with Crippen molar-refractivity contribution in [2.24, 2.45) is 0 Å². The van der Waals surface area contributed by atoms with Crippen LogP contribution in [0.3, 0.4) is 0 Å². The Balaban J connectivity index is 2.19. The summed E-state index contributed by atoms with van der Waals surface area (Å²) in [6.07, 6.45) is 1.80. The summed E-state index contributed by atoms with van der Waals surface area (Å²) in [5, 5.41) is 15.0. The van der Waals surface area contributed by atoms with Crippen LogP contribution in [0.25, 0.3) is 0 Å². The molecule has 1 amide bonds. The van der Waals surface area contributed by atoms with Crippen LogP contribution in [0.15, 0.2) is 35.1 Å². The van der Waals surface area contributed by atoms with Gasteiger partial charge in [-0.3, -0.25) is 4.79 Å². The standard InChI is InChI=1S/C15H14N2O3/c1-11-8-12(4-2-3-6-18)10-13(9-11)15(19)16-14-5-7-20-17-14/h5,7-10,18H,3,6H2,1H3,(H,16,17,19). The van der Waals surface area contributed by atoms with Crippen LogP contribution in [-0.4, -0.2) is 22.8 Å². The number of aryl methyl sites for hydroxylation is 1. The molecule has 0 aliphatic heterocycles. The number of rotatable bonds is 3. The van der Waals surface area contributed by atoms with E-state index in [2.05, 4.69) is 26.8 Å². The second-order valence-corrected chi connectivity index (χ2v) is 4.20. The lowest BCUT2D eigenvalue weighted by Crippen LogP contribution is -2.12. The fourth-order valence-corrected chi connectivity index (χ4v) is 1.67. The lowest BCUT2D eigenvalue weighted by Gasteiger charge is -2.04. The largest absolute Gasteiger partial charge is 0.395 e. The normalized spacial score (nSPS) is 9.70. The number of carbonyl (C=O) groups is 1. The minimum atomic E-state index is -0.271. The molecule has 0 saturated carbocycles. The molecular weight excluding hydrogens is 256 g/mol. The highest BCUT2D eigenvalue weighted by atomic mass is 16.5. The molecule has 2 N–H and O–H groups in total. The van der Waals surface area contributed by atoms with E-state index < -0.39 is 0 Å². The van der Waals surface area contributed by atoms with Gasteiger partial charge in [-0.15, -0.1) is 0 Å². The van der Waals surface area contributed by atoms with Crippen LogP contribution in [0.1, 0.15) is 27.9 Å². The van der Waals surface area contributed by atoms with Gasteiger partial charge in [-0.2, -0.15) is 0 Å². The predicted molar refractivity (Wildman–Crippen MR) is 74.2 cm³/mol. The Kier molecular flexibility index (Phi) is 4.53. The quantitative estimate of drug-likeness (QED) is 0.836. The zero-order valence-corrected chi connectivity index (χ0v) is 11.0. The van der Waals surface area contributed by atoms with Gasteiger partial charge in [0.2, 0.25) is 0 Å². The fourth-order valence-electron chi connectivity index (χ4n) is 1.67. The molecule has 5 heteroatoms. The van der Waals surface area contributed by atoms with Gasteiger partial charge in [0, 0.05) is 23.6 Å². The van der Waals surface area contributed by atoms with Crippen molar-refractivity contribution in [3.05, 3.63) is 47.2 Å². The average molecular weight is 270 g/mol. The molecule has 0 aliphatic rings. The van der Waals surface area contributed by atoms with Gasteiger partial charge in [0.15, 0.2) is 5.82 Å². The third-order valence-corrected chi connectivity index (χ3v) is 2.49. The van der Waals surface area contributed by atoms with Crippen LogP contribution >= 0.6 is 0 Å². The van der Waals surface area contributed by atoms with Gasteiger partial charge in [0.05, 0.1) is 6.61 Å². The molecule has 0 bridgehead atoms. The number of hydrogen-bond donors (Lipinski definition) is 2. The number of amides is 1. The molecule has 0 spiro atoms. The number of aliphatic hydroxyl groups excluding tert-OH is 1. The van der Waals surface area contributed by atoms with E-state index >= 15 is 0 Å². The highest BCUT2D eigenvalue weighted by molar-refractivity contribution is 6.04. The molecule has 1 heterocycles. The van der Waals surface area contributed by atoms with Crippen LogP contribution in [0.4, 0.5) is 5.82 Å². The van der Waals surface area contributed by atoms with Gasteiger partial charge in [-0.1, -0.05) is 17.0 Å². The second kappa shape index (κ2) is 6.55. The summed E-state index contributed by atoms with van der Waals surface area (Å²) in [4.78, 5) is 12.1. The minimum absolute atomic E-state index is 0.0261. The number of aliphatic hydroxyl groups is 1. The summed E-state index contributed by atoms with van der Waals surface area (Å²) in [6.45, 7) is 1.92. The molecule has 0 radical (unpaired) electrons. The van der Waals surface area contributed by atoms with Crippen LogP contribution in [-0.2, 0) is 0 Å². The van der Waals surface area contributed by atoms with E-state index in [1.54, 1.807) is 18.2 Å². The van der Waals surface area contributed by atoms with Crippen molar-refractivity contribution in [1.82, 2.24) is 5.16 Å². The molecule has 0 aliphatic carbocycles. The van der Waals surface area contributed by atoms with Crippen molar-refractivity contribution in [2.45, 2.75) is 13.3 Å². The summed E-state index contributed by atoms with van der Waals surface area (Å²) in [6, 6.07) is 6.92. The summed E-state index contributed by atoms with van der Waals surface area (Å²) in [5.41, 5.74) is 2.18. The summed E-state index contributed by atoms with van der Waals surface area (Å²) < 4.78 is 4.65. The molecule has 0 atom stereocenters. The SMILES string of the molecule is Cc1cc(C#CCCO)cc(C(=O)Nc2ccon2)c1. The van der Waals surface area contributed by atoms with Crippen LogP contribution < -0.4 is 5.32 Å². The monoisotopic (exact) mass is 270 g/mol. The number of aromatic nitrogens is 1. The Morgan fingerprint density at radius 2 is 2.30 bits per heavy atom.